The molecule has 5 nitrogen and oxygen atoms in total. The van der Waals surface area contributed by atoms with Crippen LogP contribution in [0.3, 0.4) is 0 Å². The first kappa shape index (κ1) is 20.1. The summed E-state index contributed by atoms with van der Waals surface area (Å²) in [6, 6.07) is 10.3. The molecule has 0 spiro atoms. The van der Waals surface area contributed by atoms with Gasteiger partial charge < -0.3 is 4.90 Å². The lowest BCUT2D eigenvalue weighted by atomic mass is 10.0. The van der Waals surface area contributed by atoms with E-state index in [1.54, 1.807) is 17.0 Å². The van der Waals surface area contributed by atoms with Gasteiger partial charge in [-0.1, -0.05) is 47.0 Å². The molecule has 0 aliphatic carbocycles. The number of sulfonamides is 1. The molecule has 8 heteroatoms. The maximum Gasteiger partial charge on any atom is 0.254 e. The van der Waals surface area contributed by atoms with Crippen LogP contribution in [0.2, 0.25) is 10.0 Å². The maximum absolute atomic E-state index is 12.9. The second kappa shape index (κ2) is 7.80. The molecule has 0 radical (unpaired) electrons. The van der Waals surface area contributed by atoms with Gasteiger partial charge in [0.1, 0.15) is 4.90 Å². The van der Waals surface area contributed by atoms with E-state index in [2.05, 4.69) is 0 Å². The monoisotopic (exact) mass is 426 g/mol. The second-order valence-corrected chi connectivity index (χ2v) is 9.26. The highest BCUT2D eigenvalue weighted by Gasteiger charge is 2.32. The Morgan fingerprint density at radius 3 is 2.33 bits per heavy atom. The predicted molar refractivity (Wildman–Crippen MR) is 107 cm³/mol. The third-order valence-corrected chi connectivity index (χ3v) is 7.56. The normalized spacial score (nSPS) is 15.8. The van der Waals surface area contributed by atoms with Gasteiger partial charge in [-0.25, -0.2) is 8.42 Å². The van der Waals surface area contributed by atoms with Crippen molar-refractivity contribution >= 4 is 39.1 Å². The largest absolute Gasteiger partial charge is 0.336 e. The molecule has 0 atom stereocenters. The van der Waals surface area contributed by atoms with E-state index in [4.69, 9.17) is 23.2 Å². The van der Waals surface area contributed by atoms with Crippen LogP contribution in [0.15, 0.2) is 41.3 Å². The van der Waals surface area contributed by atoms with E-state index < -0.39 is 10.0 Å². The third kappa shape index (κ3) is 3.99. The minimum absolute atomic E-state index is 0.00836. The molecular weight excluding hydrogens is 407 g/mol. The number of rotatable bonds is 3. The second-order valence-electron chi connectivity index (χ2n) is 6.57. The van der Waals surface area contributed by atoms with Gasteiger partial charge in [0.2, 0.25) is 10.0 Å². The molecule has 0 bridgehead atoms. The molecule has 0 unspecified atom stereocenters. The van der Waals surface area contributed by atoms with Gasteiger partial charge in [-0.15, -0.1) is 0 Å². The highest BCUT2D eigenvalue weighted by Crippen LogP contribution is 2.31. The van der Waals surface area contributed by atoms with Crippen LogP contribution in [0, 0.1) is 13.8 Å². The first-order valence-electron chi connectivity index (χ1n) is 8.52. The fourth-order valence-corrected chi connectivity index (χ4v) is 5.25. The SMILES string of the molecule is Cc1ccc(C)c(C(=O)N2CCN(S(=O)(=O)c3cccc(Cl)c3Cl)CC2)c1. The first-order chi connectivity index (χ1) is 12.7. The van der Waals surface area contributed by atoms with E-state index in [1.807, 2.05) is 32.0 Å². The Morgan fingerprint density at radius 1 is 1.00 bits per heavy atom. The van der Waals surface area contributed by atoms with Crippen molar-refractivity contribution in [3.63, 3.8) is 0 Å². The molecule has 1 amide bonds. The summed E-state index contributed by atoms with van der Waals surface area (Å²) in [7, 11) is -3.76. The molecule has 3 rings (SSSR count). The Morgan fingerprint density at radius 2 is 1.67 bits per heavy atom. The zero-order valence-corrected chi connectivity index (χ0v) is 17.4. The van der Waals surface area contributed by atoms with E-state index in [9.17, 15) is 13.2 Å². The topological polar surface area (TPSA) is 57.7 Å². The lowest BCUT2D eigenvalue weighted by molar-refractivity contribution is 0.0697. The molecule has 27 heavy (non-hydrogen) atoms. The Bertz CT molecular complexity index is 984. The predicted octanol–water partition coefficient (Wildman–Crippen LogP) is 3.76. The summed E-state index contributed by atoms with van der Waals surface area (Å²) >= 11 is 12.0. The van der Waals surface area contributed by atoms with E-state index in [0.717, 1.165) is 11.1 Å². The lowest BCUT2D eigenvalue weighted by Gasteiger charge is -2.34. The Labute approximate surface area is 169 Å². The molecule has 1 saturated heterocycles. The van der Waals surface area contributed by atoms with E-state index in [1.165, 1.54) is 10.4 Å². The van der Waals surface area contributed by atoms with Gasteiger partial charge in [-0.2, -0.15) is 4.31 Å². The van der Waals surface area contributed by atoms with Crippen molar-refractivity contribution in [2.45, 2.75) is 18.7 Å². The number of amides is 1. The maximum atomic E-state index is 12.9. The van der Waals surface area contributed by atoms with Gasteiger partial charge in [0.15, 0.2) is 0 Å². The van der Waals surface area contributed by atoms with Crippen LogP contribution in [-0.2, 0) is 10.0 Å². The van der Waals surface area contributed by atoms with Crippen LogP contribution in [0.1, 0.15) is 21.5 Å². The zero-order valence-electron chi connectivity index (χ0n) is 15.1. The van der Waals surface area contributed by atoms with Gasteiger partial charge in [0.25, 0.3) is 5.91 Å². The molecule has 0 aromatic heterocycles. The highest BCUT2D eigenvalue weighted by atomic mass is 35.5. The quantitative estimate of drug-likeness (QED) is 0.750. The molecule has 144 valence electrons. The summed E-state index contributed by atoms with van der Waals surface area (Å²) in [5, 5.41) is 0.217. The lowest BCUT2D eigenvalue weighted by Crippen LogP contribution is -2.50. The number of nitrogens with zero attached hydrogens (tertiary/aromatic N) is 2. The summed E-state index contributed by atoms with van der Waals surface area (Å²) in [5.41, 5.74) is 2.58. The van der Waals surface area contributed by atoms with E-state index in [-0.39, 0.29) is 33.9 Å². The Kier molecular flexibility index (Phi) is 5.82. The molecule has 1 aliphatic rings. The number of carbonyl (C=O) groups excluding carboxylic acids is 1. The Hall–Kier alpha value is -1.60. The third-order valence-electron chi connectivity index (χ3n) is 4.68. The van der Waals surface area contributed by atoms with Crippen molar-refractivity contribution in [1.82, 2.24) is 9.21 Å². The van der Waals surface area contributed by atoms with E-state index in [0.29, 0.717) is 18.7 Å². The average Bonchev–Trinajstić information content (AvgIpc) is 2.65. The fourth-order valence-electron chi connectivity index (χ4n) is 3.09. The van der Waals surface area contributed by atoms with Crippen molar-refractivity contribution in [2.24, 2.45) is 0 Å². The number of halogens is 2. The van der Waals surface area contributed by atoms with Crippen molar-refractivity contribution in [1.29, 1.82) is 0 Å². The van der Waals surface area contributed by atoms with Crippen LogP contribution >= 0.6 is 23.2 Å². The summed E-state index contributed by atoms with van der Waals surface area (Å²) < 4.78 is 27.1. The number of piperazine rings is 1. The average molecular weight is 427 g/mol. The molecule has 1 aliphatic heterocycles. The Balaban J connectivity index is 1.76. The first-order valence-corrected chi connectivity index (χ1v) is 10.7. The zero-order chi connectivity index (χ0) is 19.8. The van der Waals surface area contributed by atoms with Gasteiger partial charge in [-0.05, 0) is 37.6 Å². The minimum Gasteiger partial charge on any atom is -0.336 e. The van der Waals surface area contributed by atoms with Gasteiger partial charge >= 0.3 is 0 Å². The molecule has 1 heterocycles. The minimum atomic E-state index is -3.76. The van der Waals surface area contributed by atoms with Crippen molar-refractivity contribution in [3.8, 4) is 0 Å². The van der Waals surface area contributed by atoms with Crippen molar-refractivity contribution in [3.05, 3.63) is 63.1 Å². The van der Waals surface area contributed by atoms with Crippen molar-refractivity contribution < 1.29 is 13.2 Å². The van der Waals surface area contributed by atoms with Crippen LogP contribution < -0.4 is 0 Å². The fraction of sp³-hybridized carbons (Fsp3) is 0.316. The van der Waals surface area contributed by atoms with Gasteiger partial charge in [-0.3, -0.25) is 4.79 Å². The number of carbonyl (C=O) groups is 1. The van der Waals surface area contributed by atoms with Gasteiger partial charge in [0.05, 0.1) is 10.0 Å². The molecule has 0 N–H and O–H groups in total. The molecule has 2 aromatic rings. The van der Waals surface area contributed by atoms with Crippen LogP contribution in [0.25, 0.3) is 0 Å². The van der Waals surface area contributed by atoms with Crippen LogP contribution in [-0.4, -0.2) is 49.7 Å². The molecule has 1 fully saturated rings. The van der Waals surface area contributed by atoms with Gasteiger partial charge in [0, 0.05) is 31.7 Å². The molecular formula is C19H20Cl2N2O3S. The number of hydrogen-bond donors (Lipinski definition) is 0. The van der Waals surface area contributed by atoms with E-state index >= 15 is 0 Å². The summed E-state index contributed by atoms with van der Waals surface area (Å²) in [6.45, 7) is 4.90. The number of hydrogen-bond acceptors (Lipinski definition) is 3. The number of aryl methyl sites for hydroxylation is 2. The van der Waals surface area contributed by atoms with Crippen LogP contribution in [0.4, 0.5) is 0 Å². The van der Waals surface area contributed by atoms with Crippen molar-refractivity contribution in [2.75, 3.05) is 26.2 Å². The summed E-state index contributed by atoms with van der Waals surface area (Å²) in [5.74, 6) is -0.0750. The summed E-state index contributed by atoms with van der Waals surface area (Å²) in [6.07, 6.45) is 0. The number of benzene rings is 2. The van der Waals surface area contributed by atoms with Crippen LogP contribution in [0.5, 0.6) is 0 Å². The standard InChI is InChI=1S/C19H20Cl2N2O3S/c1-13-6-7-14(2)15(12-13)19(24)22-8-10-23(11-9-22)27(25,26)17-5-3-4-16(20)18(17)21/h3-7,12H,8-11H2,1-2H3. The molecule has 0 saturated carbocycles. The highest BCUT2D eigenvalue weighted by molar-refractivity contribution is 7.89. The molecule has 2 aromatic carbocycles. The smallest absolute Gasteiger partial charge is 0.254 e. The summed E-state index contributed by atoms with van der Waals surface area (Å²) in [4.78, 5) is 14.5.